The van der Waals surface area contributed by atoms with Gasteiger partial charge in [0.1, 0.15) is 0 Å². The smallest absolute Gasteiger partial charge is 0.334 e. The highest BCUT2D eigenvalue weighted by Gasteiger charge is 2.13. The zero-order valence-corrected chi connectivity index (χ0v) is 8.78. The molecule has 0 aliphatic rings. The number of urea groups is 1. The zero-order chi connectivity index (χ0) is 11.8. The summed E-state index contributed by atoms with van der Waals surface area (Å²) in [7, 11) is 0. The minimum Gasteiger partial charge on any atom is -0.479 e. The number of carbonyl (C=O) groups excluding carboxylic acids is 1. The van der Waals surface area contributed by atoms with Crippen LogP contribution < -0.4 is 10.6 Å². The number of nitrogens with one attached hydrogen (secondary N) is 2. The third kappa shape index (κ3) is 7.51. The van der Waals surface area contributed by atoms with E-state index in [1.807, 2.05) is 19.9 Å². The van der Waals surface area contributed by atoms with Gasteiger partial charge in [-0.25, -0.2) is 9.59 Å². The van der Waals surface area contributed by atoms with Crippen molar-refractivity contribution in [3.63, 3.8) is 0 Å². The van der Waals surface area contributed by atoms with Crippen molar-refractivity contribution in [1.29, 1.82) is 0 Å². The van der Waals surface area contributed by atoms with Gasteiger partial charge in [0.15, 0.2) is 6.10 Å². The highest BCUT2D eigenvalue weighted by Crippen LogP contribution is 1.85. The second kappa shape index (κ2) is 6.83. The van der Waals surface area contributed by atoms with Crippen molar-refractivity contribution in [2.75, 3.05) is 13.1 Å². The molecule has 0 fully saturated rings. The average molecular weight is 216 g/mol. The lowest BCUT2D eigenvalue weighted by Gasteiger charge is -2.08. The normalized spacial score (nSPS) is 11.4. The highest BCUT2D eigenvalue weighted by atomic mass is 16.4. The van der Waals surface area contributed by atoms with Crippen LogP contribution in [-0.4, -0.2) is 41.4 Å². The molecule has 2 amide bonds. The molecule has 0 heterocycles. The second-order valence-electron chi connectivity index (χ2n) is 3.23. The summed E-state index contributed by atoms with van der Waals surface area (Å²) in [6.07, 6.45) is 0.243. The summed E-state index contributed by atoms with van der Waals surface area (Å²) in [5.41, 5.74) is 1.07. The van der Waals surface area contributed by atoms with E-state index in [1.54, 1.807) is 0 Å². The summed E-state index contributed by atoms with van der Waals surface area (Å²) in [6, 6.07) is -0.507. The minimum absolute atomic E-state index is 0.310. The number of aliphatic hydroxyl groups excluding tert-OH is 1. The van der Waals surface area contributed by atoms with E-state index in [9.17, 15) is 9.59 Å². The van der Waals surface area contributed by atoms with Crippen molar-refractivity contribution in [3.8, 4) is 0 Å². The Morgan fingerprint density at radius 2 is 1.93 bits per heavy atom. The van der Waals surface area contributed by atoms with E-state index in [0.29, 0.717) is 6.54 Å². The van der Waals surface area contributed by atoms with E-state index in [1.165, 1.54) is 0 Å². The van der Waals surface area contributed by atoms with Gasteiger partial charge in [-0.15, -0.1) is 0 Å². The Hall–Kier alpha value is -1.56. The number of aliphatic carboxylic acids is 1. The number of carboxylic acid groups (broad SMARTS) is 1. The van der Waals surface area contributed by atoms with E-state index < -0.39 is 18.1 Å². The van der Waals surface area contributed by atoms with E-state index in [4.69, 9.17) is 10.2 Å². The maximum Gasteiger partial charge on any atom is 0.334 e. The fourth-order valence-electron chi connectivity index (χ4n) is 0.687. The summed E-state index contributed by atoms with van der Waals surface area (Å²) in [5, 5.41) is 21.9. The van der Waals surface area contributed by atoms with Crippen molar-refractivity contribution < 1.29 is 19.8 Å². The molecule has 1 atom stereocenters. The lowest BCUT2D eigenvalue weighted by atomic mass is 10.3. The van der Waals surface area contributed by atoms with Gasteiger partial charge < -0.3 is 20.8 Å². The summed E-state index contributed by atoms with van der Waals surface area (Å²) < 4.78 is 0. The van der Waals surface area contributed by atoms with Crippen LogP contribution >= 0.6 is 0 Å². The van der Waals surface area contributed by atoms with Gasteiger partial charge in [-0.2, -0.15) is 0 Å². The predicted octanol–water partition coefficient (Wildman–Crippen LogP) is -0.303. The molecule has 0 aliphatic carbocycles. The molecular formula is C9H16N2O4. The molecule has 0 unspecified atom stereocenters. The van der Waals surface area contributed by atoms with Crippen LogP contribution in [0.1, 0.15) is 13.8 Å². The lowest BCUT2D eigenvalue weighted by Crippen LogP contribution is -2.42. The maximum absolute atomic E-state index is 11.0. The second-order valence-corrected chi connectivity index (χ2v) is 3.23. The molecule has 0 spiro atoms. The Bertz CT molecular complexity index is 259. The average Bonchev–Trinajstić information content (AvgIpc) is 2.13. The minimum atomic E-state index is -1.57. The van der Waals surface area contributed by atoms with Gasteiger partial charge in [0, 0.05) is 6.54 Å². The fraction of sp³-hybridized carbons (Fsp3) is 0.556. The van der Waals surface area contributed by atoms with Gasteiger partial charge in [-0.3, -0.25) is 0 Å². The Morgan fingerprint density at radius 1 is 1.33 bits per heavy atom. The molecular weight excluding hydrogens is 200 g/mol. The van der Waals surface area contributed by atoms with E-state index in [-0.39, 0.29) is 6.54 Å². The zero-order valence-electron chi connectivity index (χ0n) is 8.78. The van der Waals surface area contributed by atoms with Crippen molar-refractivity contribution >= 4 is 12.0 Å². The maximum atomic E-state index is 11.0. The van der Waals surface area contributed by atoms with E-state index in [2.05, 4.69) is 10.6 Å². The van der Waals surface area contributed by atoms with Crippen LogP contribution in [0.4, 0.5) is 4.79 Å². The number of amides is 2. The fourth-order valence-corrected chi connectivity index (χ4v) is 0.687. The molecule has 0 radical (unpaired) electrons. The molecule has 6 heteroatoms. The quantitative estimate of drug-likeness (QED) is 0.474. The number of carboxylic acids is 1. The SMILES string of the molecule is CC(C)=CCNC(=O)NC[C@H](O)C(=O)O. The Morgan fingerprint density at radius 3 is 2.40 bits per heavy atom. The topological polar surface area (TPSA) is 98.7 Å². The number of rotatable bonds is 5. The van der Waals surface area contributed by atoms with Crippen LogP contribution in [0.15, 0.2) is 11.6 Å². The van der Waals surface area contributed by atoms with Gasteiger partial charge in [-0.1, -0.05) is 11.6 Å². The van der Waals surface area contributed by atoms with Gasteiger partial charge in [0.2, 0.25) is 0 Å². The molecule has 0 bridgehead atoms. The van der Waals surface area contributed by atoms with Crippen molar-refractivity contribution in [3.05, 3.63) is 11.6 Å². The molecule has 6 nitrogen and oxygen atoms in total. The van der Waals surface area contributed by atoms with Crippen LogP contribution in [0, 0.1) is 0 Å². The molecule has 15 heavy (non-hydrogen) atoms. The summed E-state index contributed by atoms with van der Waals surface area (Å²) in [5.74, 6) is -1.36. The summed E-state index contributed by atoms with van der Waals surface area (Å²) in [6.45, 7) is 3.86. The standard InChI is InChI=1S/C9H16N2O4/c1-6(2)3-4-10-9(15)11-5-7(12)8(13)14/h3,7,12H,4-5H2,1-2H3,(H,13,14)(H2,10,11,15)/t7-/m0/s1. The molecule has 0 saturated carbocycles. The van der Waals surface area contributed by atoms with Crippen LogP contribution in [-0.2, 0) is 4.79 Å². The number of aliphatic hydroxyl groups is 1. The van der Waals surface area contributed by atoms with Crippen molar-refractivity contribution in [2.24, 2.45) is 0 Å². The third-order valence-corrected chi connectivity index (χ3v) is 1.51. The molecule has 0 aromatic carbocycles. The van der Waals surface area contributed by atoms with Crippen LogP contribution in [0.5, 0.6) is 0 Å². The lowest BCUT2D eigenvalue weighted by molar-refractivity contribution is -0.146. The van der Waals surface area contributed by atoms with Crippen LogP contribution in [0.2, 0.25) is 0 Å². The molecule has 0 aromatic rings. The molecule has 0 aliphatic heterocycles. The summed E-state index contributed by atoms with van der Waals surface area (Å²) in [4.78, 5) is 21.2. The van der Waals surface area contributed by atoms with E-state index >= 15 is 0 Å². The predicted molar refractivity (Wildman–Crippen MR) is 54.5 cm³/mol. The number of carbonyl (C=O) groups is 2. The molecule has 0 saturated heterocycles. The molecule has 0 aromatic heterocycles. The first kappa shape index (κ1) is 13.4. The number of allylic oxidation sites excluding steroid dienone is 1. The van der Waals surface area contributed by atoms with Crippen molar-refractivity contribution in [1.82, 2.24) is 10.6 Å². The first-order chi connectivity index (χ1) is 6.93. The van der Waals surface area contributed by atoms with Gasteiger partial charge in [0.25, 0.3) is 0 Å². The third-order valence-electron chi connectivity index (χ3n) is 1.51. The highest BCUT2D eigenvalue weighted by molar-refractivity contribution is 5.76. The Labute approximate surface area is 88.0 Å². The number of hydrogen-bond acceptors (Lipinski definition) is 3. The first-order valence-electron chi connectivity index (χ1n) is 4.49. The monoisotopic (exact) mass is 216 g/mol. The Balaban J connectivity index is 3.67. The Kier molecular flexibility index (Phi) is 6.12. The van der Waals surface area contributed by atoms with E-state index in [0.717, 1.165) is 5.57 Å². The van der Waals surface area contributed by atoms with Crippen molar-refractivity contribution in [2.45, 2.75) is 20.0 Å². The molecule has 86 valence electrons. The first-order valence-corrected chi connectivity index (χ1v) is 4.49. The van der Waals surface area contributed by atoms with Gasteiger partial charge in [0.05, 0.1) is 6.54 Å². The largest absolute Gasteiger partial charge is 0.479 e. The molecule has 0 rings (SSSR count). The van der Waals surface area contributed by atoms with Gasteiger partial charge in [-0.05, 0) is 13.8 Å². The van der Waals surface area contributed by atoms with Crippen LogP contribution in [0.3, 0.4) is 0 Å². The van der Waals surface area contributed by atoms with Crippen LogP contribution in [0.25, 0.3) is 0 Å². The number of hydrogen-bond donors (Lipinski definition) is 4. The molecule has 4 N–H and O–H groups in total. The van der Waals surface area contributed by atoms with Gasteiger partial charge >= 0.3 is 12.0 Å². The summed E-state index contributed by atoms with van der Waals surface area (Å²) >= 11 is 0.